The molecule has 1 saturated heterocycles. The first-order valence-corrected chi connectivity index (χ1v) is 6.61. The van der Waals surface area contributed by atoms with Crippen LogP contribution in [0, 0.1) is 0 Å². The number of hydrogen-bond donors (Lipinski definition) is 3. The average molecular weight is 313 g/mol. The van der Waals surface area contributed by atoms with Gasteiger partial charge in [-0.05, 0) is 31.0 Å². The molecule has 8 heteroatoms. The maximum atomic E-state index is 12.2. The number of carbonyl (C=O) groups is 3. The number of halogens is 1. The summed E-state index contributed by atoms with van der Waals surface area (Å²) in [6.45, 7) is 0.286. The van der Waals surface area contributed by atoms with E-state index >= 15 is 0 Å². The summed E-state index contributed by atoms with van der Waals surface area (Å²) < 4.78 is 0. The van der Waals surface area contributed by atoms with E-state index in [2.05, 4.69) is 5.32 Å². The molecule has 3 N–H and O–H groups in total. The van der Waals surface area contributed by atoms with Crippen LogP contribution < -0.4 is 5.32 Å². The lowest BCUT2D eigenvalue weighted by Crippen LogP contribution is -2.42. The van der Waals surface area contributed by atoms with Gasteiger partial charge in [0.1, 0.15) is 6.04 Å². The fraction of sp³-hybridized carbons (Fsp3) is 0.308. The Labute approximate surface area is 125 Å². The first kappa shape index (κ1) is 15.1. The largest absolute Gasteiger partial charge is 0.478 e. The smallest absolute Gasteiger partial charge is 0.407 e. The number of likely N-dealkylation sites (tertiary alicyclic amines) is 1. The van der Waals surface area contributed by atoms with E-state index in [0.717, 1.165) is 4.90 Å². The van der Waals surface area contributed by atoms with Crippen molar-refractivity contribution in [1.29, 1.82) is 0 Å². The number of aromatic carboxylic acids is 1. The summed E-state index contributed by atoms with van der Waals surface area (Å²) in [7, 11) is 0. The lowest BCUT2D eigenvalue weighted by Gasteiger charge is -2.21. The standard InChI is InChI=1S/C13H13ClN2O5/c14-7-3-4-8(12(18)19)9(6-7)15-11(17)10-2-1-5-16(10)13(20)21/h3-4,6,10H,1-2,5H2,(H,15,17)(H,18,19)(H,20,21). The van der Waals surface area contributed by atoms with Crippen molar-refractivity contribution in [2.75, 3.05) is 11.9 Å². The molecule has 1 heterocycles. The van der Waals surface area contributed by atoms with Crippen molar-refractivity contribution >= 4 is 35.3 Å². The zero-order valence-electron chi connectivity index (χ0n) is 10.9. The van der Waals surface area contributed by atoms with Crippen LogP contribution in [-0.4, -0.2) is 45.7 Å². The second-order valence-corrected chi connectivity index (χ2v) is 5.05. The highest BCUT2D eigenvalue weighted by Crippen LogP contribution is 2.24. The van der Waals surface area contributed by atoms with Gasteiger partial charge in [-0.15, -0.1) is 0 Å². The number of carboxylic acid groups (broad SMARTS) is 2. The van der Waals surface area contributed by atoms with E-state index in [-0.39, 0.29) is 22.8 Å². The molecular weight excluding hydrogens is 300 g/mol. The number of carboxylic acids is 1. The molecule has 7 nitrogen and oxygen atoms in total. The molecule has 2 amide bonds. The molecule has 1 fully saturated rings. The highest BCUT2D eigenvalue weighted by Gasteiger charge is 2.34. The third-order valence-corrected chi connectivity index (χ3v) is 3.51. The normalized spacial score (nSPS) is 17.6. The zero-order valence-corrected chi connectivity index (χ0v) is 11.6. The van der Waals surface area contributed by atoms with Crippen LogP contribution in [-0.2, 0) is 4.79 Å². The van der Waals surface area contributed by atoms with Crippen molar-refractivity contribution in [3.05, 3.63) is 28.8 Å². The predicted octanol–water partition coefficient (Wildman–Crippen LogP) is 2.12. The highest BCUT2D eigenvalue weighted by atomic mass is 35.5. The van der Waals surface area contributed by atoms with Gasteiger partial charge in [0.2, 0.25) is 5.91 Å². The number of nitrogens with one attached hydrogen (secondary N) is 1. The van der Waals surface area contributed by atoms with Gasteiger partial charge in [-0.25, -0.2) is 9.59 Å². The van der Waals surface area contributed by atoms with Crippen molar-refractivity contribution in [3.8, 4) is 0 Å². The summed E-state index contributed by atoms with van der Waals surface area (Å²) in [6.07, 6.45) is -0.176. The number of hydrogen-bond acceptors (Lipinski definition) is 3. The van der Waals surface area contributed by atoms with Gasteiger partial charge in [-0.1, -0.05) is 11.6 Å². The minimum Gasteiger partial charge on any atom is -0.478 e. The van der Waals surface area contributed by atoms with Crippen molar-refractivity contribution in [2.24, 2.45) is 0 Å². The van der Waals surface area contributed by atoms with E-state index in [0.29, 0.717) is 12.8 Å². The van der Waals surface area contributed by atoms with E-state index in [1.807, 2.05) is 0 Å². The van der Waals surface area contributed by atoms with Crippen molar-refractivity contribution in [3.63, 3.8) is 0 Å². The number of anilines is 1. The Bertz CT molecular complexity index is 604. The van der Waals surface area contributed by atoms with E-state index in [9.17, 15) is 14.4 Å². The molecule has 1 aliphatic rings. The first-order valence-electron chi connectivity index (χ1n) is 6.23. The minimum absolute atomic E-state index is 0.0530. The third kappa shape index (κ3) is 3.25. The Hall–Kier alpha value is -2.28. The molecule has 0 aromatic heterocycles. The van der Waals surface area contributed by atoms with Gasteiger partial charge in [-0.2, -0.15) is 0 Å². The van der Waals surface area contributed by atoms with Gasteiger partial charge in [0.15, 0.2) is 0 Å². The van der Waals surface area contributed by atoms with Crippen molar-refractivity contribution in [2.45, 2.75) is 18.9 Å². The molecule has 0 bridgehead atoms. The van der Waals surface area contributed by atoms with Gasteiger partial charge in [-0.3, -0.25) is 9.69 Å². The number of benzene rings is 1. The fourth-order valence-corrected chi connectivity index (χ4v) is 2.46. The molecule has 1 unspecified atom stereocenters. The predicted molar refractivity (Wildman–Crippen MR) is 74.8 cm³/mol. The van der Waals surface area contributed by atoms with Gasteiger partial charge in [0, 0.05) is 11.6 Å². The Morgan fingerprint density at radius 1 is 1.29 bits per heavy atom. The quantitative estimate of drug-likeness (QED) is 0.792. The van der Waals surface area contributed by atoms with Crippen LogP contribution in [0.5, 0.6) is 0 Å². The maximum absolute atomic E-state index is 12.2. The summed E-state index contributed by atoms with van der Waals surface area (Å²) >= 11 is 5.79. The summed E-state index contributed by atoms with van der Waals surface area (Å²) in [5.41, 5.74) is -0.0511. The topological polar surface area (TPSA) is 107 Å². The Kier molecular flexibility index (Phi) is 4.32. The molecule has 21 heavy (non-hydrogen) atoms. The fourth-order valence-electron chi connectivity index (χ4n) is 2.29. The van der Waals surface area contributed by atoms with Crippen LogP contribution in [0.3, 0.4) is 0 Å². The van der Waals surface area contributed by atoms with Gasteiger partial charge < -0.3 is 15.5 Å². The van der Waals surface area contributed by atoms with Gasteiger partial charge in [0.25, 0.3) is 0 Å². The van der Waals surface area contributed by atoms with E-state index in [1.54, 1.807) is 0 Å². The summed E-state index contributed by atoms with van der Waals surface area (Å²) in [5.74, 6) is -1.76. The third-order valence-electron chi connectivity index (χ3n) is 3.27. The van der Waals surface area contributed by atoms with Crippen LogP contribution in [0.15, 0.2) is 18.2 Å². The second-order valence-electron chi connectivity index (χ2n) is 4.62. The monoisotopic (exact) mass is 312 g/mol. The lowest BCUT2D eigenvalue weighted by atomic mass is 10.1. The summed E-state index contributed by atoms with van der Waals surface area (Å²) in [4.78, 5) is 35.3. The average Bonchev–Trinajstić information content (AvgIpc) is 2.87. The first-order chi connectivity index (χ1) is 9.90. The number of carbonyl (C=O) groups excluding carboxylic acids is 1. The molecule has 0 spiro atoms. The molecule has 1 atom stereocenters. The van der Waals surface area contributed by atoms with Crippen LogP contribution in [0.4, 0.5) is 10.5 Å². The summed E-state index contributed by atoms with van der Waals surface area (Å²) in [6, 6.07) is 3.19. The Morgan fingerprint density at radius 3 is 2.62 bits per heavy atom. The van der Waals surface area contributed by atoms with E-state index in [1.165, 1.54) is 18.2 Å². The van der Waals surface area contributed by atoms with Crippen molar-refractivity contribution in [1.82, 2.24) is 4.90 Å². The van der Waals surface area contributed by atoms with Crippen LogP contribution >= 0.6 is 11.6 Å². The Morgan fingerprint density at radius 2 is 2.00 bits per heavy atom. The molecule has 112 valence electrons. The minimum atomic E-state index is -1.21. The molecule has 1 aromatic carbocycles. The second kappa shape index (κ2) is 6.01. The number of rotatable bonds is 3. The molecular formula is C13H13ClN2O5. The summed E-state index contributed by atoms with van der Waals surface area (Å²) in [5, 5.41) is 20.8. The maximum Gasteiger partial charge on any atom is 0.407 e. The van der Waals surface area contributed by atoms with Crippen LogP contribution in [0.2, 0.25) is 5.02 Å². The van der Waals surface area contributed by atoms with E-state index in [4.69, 9.17) is 21.8 Å². The molecule has 1 aliphatic heterocycles. The SMILES string of the molecule is O=C(O)c1ccc(Cl)cc1NC(=O)C1CCCN1C(=O)O. The van der Waals surface area contributed by atoms with Crippen LogP contribution in [0.1, 0.15) is 23.2 Å². The van der Waals surface area contributed by atoms with Gasteiger partial charge >= 0.3 is 12.1 Å². The van der Waals surface area contributed by atoms with E-state index < -0.39 is 24.0 Å². The molecule has 2 rings (SSSR count). The molecule has 0 saturated carbocycles. The highest BCUT2D eigenvalue weighted by molar-refractivity contribution is 6.31. The van der Waals surface area contributed by atoms with Crippen molar-refractivity contribution < 1.29 is 24.6 Å². The van der Waals surface area contributed by atoms with Crippen LogP contribution in [0.25, 0.3) is 0 Å². The van der Waals surface area contributed by atoms with Gasteiger partial charge in [0.05, 0.1) is 11.3 Å². The lowest BCUT2D eigenvalue weighted by molar-refractivity contribution is -0.119. The molecule has 1 aromatic rings. The zero-order chi connectivity index (χ0) is 15.6. The molecule has 0 aliphatic carbocycles. The number of amides is 2. The molecule has 0 radical (unpaired) electrons. The number of nitrogens with zero attached hydrogens (tertiary/aromatic N) is 1. The Balaban J connectivity index is 2.21.